The van der Waals surface area contributed by atoms with E-state index in [1.165, 1.54) is 14.2 Å². The molecule has 5 aliphatic rings. The minimum absolute atomic E-state index is 0.0547. The maximum Gasteiger partial charge on any atom is 0.312 e. The van der Waals surface area contributed by atoms with E-state index in [0.717, 1.165) is 80.3 Å². The highest BCUT2D eigenvalue weighted by atomic mass is 16.5. The molecular weight excluding hydrogens is 568 g/mol. The summed E-state index contributed by atoms with van der Waals surface area (Å²) in [6, 6.07) is 0. The van der Waals surface area contributed by atoms with Crippen molar-refractivity contribution in [2.75, 3.05) is 14.2 Å². The molecule has 0 aromatic rings. The van der Waals surface area contributed by atoms with Crippen molar-refractivity contribution in [1.82, 2.24) is 5.32 Å². The lowest BCUT2D eigenvalue weighted by Crippen LogP contribution is -2.26. The largest absolute Gasteiger partial charge is 0.515 e. The summed E-state index contributed by atoms with van der Waals surface area (Å²) >= 11 is 0. The number of ether oxygens (including phenoxy) is 2. The summed E-state index contributed by atoms with van der Waals surface area (Å²) < 4.78 is 10.2. The van der Waals surface area contributed by atoms with Gasteiger partial charge < -0.3 is 19.9 Å². The molecule has 1 saturated heterocycles. The van der Waals surface area contributed by atoms with Gasteiger partial charge in [-0.1, -0.05) is 13.8 Å². The minimum Gasteiger partial charge on any atom is -0.515 e. The number of allylic oxidation sites excluding steroid dienone is 11. The van der Waals surface area contributed by atoms with Crippen LogP contribution in [0.25, 0.3) is 0 Å². The Hall–Kier alpha value is -4.53. The van der Waals surface area contributed by atoms with Crippen molar-refractivity contribution >= 4 is 29.1 Å². The fraction of sp³-hybridized carbons (Fsp3) is 0.417. The van der Waals surface area contributed by atoms with Gasteiger partial charge in [-0.3, -0.25) is 9.59 Å². The van der Waals surface area contributed by atoms with Crippen LogP contribution in [-0.4, -0.2) is 48.4 Å². The first-order chi connectivity index (χ1) is 21.4. The van der Waals surface area contributed by atoms with E-state index in [-0.39, 0.29) is 30.2 Å². The molecule has 5 heterocycles. The number of carbonyl (C=O) groups is 2. The summed E-state index contributed by atoms with van der Waals surface area (Å²) in [7, 11) is 2.78. The SMILES string of the molecule is CCC1=C(C)C2=CC3=NC(=C(C)C3=CO)C=C3NC(=C(C(C)C(=O)OC)C4=NC(=CC1=N2)C(C)=C4C)C(CCC(=O)OC)C3C. The van der Waals surface area contributed by atoms with Gasteiger partial charge in [-0.2, -0.15) is 0 Å². The van der Waals surface area contributed by atoms with Gasteiger partial charge in [0.1, 0.15) is 0 Å². The number of hydrogen-bond donors (Lipinski definition) is 2. The number of aliphatic hydroxyl groups excluding tert-OH is 1. The van der Waals surface area contributed by atoms with E-state index < -0.39 is 5.92 Å². The third kappa shape index (κ3) is 5.49. The molecule has 8 bridgehead atoms. The van der Waals surface area contributed by atoms with Crippen molar-refractivity contribution in [3.05, 3.63) is 92.0 Å². The van der Waals surface area contributed by atoms with Crippen LogP contribution in [0.2, 0.25) is 0 Å². The minimum atomic E-state index is -0.642. The second kappa shape index (κ2) is 12.5. The molecule has 0 radical (unpaired) electrons. The Kier molecular flexibility index (Phi) is 8.83. The van der Waals surface area contributed by atoms with Gasteiger partial charge >= 0.3 is 11.9 Å². The summed E-state index contributed by atoms with van der Waals surface area (Å²) in [4.78, 5) is 40.7. The predicted molar refractivity (Wildman–Crippen MR) is 177 cm³/mol. The number of hydrogen-bond acceptors (Lipinski definition) is 9. The maximum absolute atomic E-state index is 13.2. The van der Waals surface area contributed by atoms with Crippen molar-refractivity contribution in [2.45, 2.75) is 67.7 Å². The molecule has 3 unspecified atom stereocenters. The lowest BCUT2D eigenvalue weighted by Gasteiger charge is -2.23. The Bertz CT molecular complexity index is 1730. The maximum atomic E-state index is 13.2. The van der Waals surface area contributed by atoms with Crippen molar-refractivity contribution in [2.24, 2.45) is 32.7 Å². The summed E-state index contributed by atoms with van der Waals surface area (Å²) in [5.41, 5.74) is 12.6. The highest BCUT2D eigenvalue weighted by Crippen LogP contribution is 2.43. The Labute approximate surface area is 265 Å². The van der Waals surface area contributed by atoms with Gasteiger partial charge in [0.05, 0.1) is 60.6 Å². The van der Waals surface area contributed by atoms with E-state index in [9.17, 15) is 14.7 Å². The summed E-state index contributed by atoms with van der Waals surface area (Å²) in [6.07, 6.45) is 8.56. The Morgan fingerprint density at radius 2 is 1.64 bits per heavy atom. The molecule has 0 aromatic heterocycles. The first-order valence-electron chi connectivity index (χ1n) is 15.5. The van der Waals surface area contributed by atoms with Gasteiger partial charge in [-0.15, -0.1) is 0 Å². The van der Waals surface area contributed by atoms with Gasteiger partial charge in [-0.05, 0) is 93.6 Å². The first kappa shape index (κ1) is 31.9. The highest BCUT2D eigenvalue weighted by Gasteiger charge is 2.40. The number of nitrogens with one attached hydrogen (secondary N) is 1. The summed E-state index contributed by atoms with van der Waals surface area (Å²) in [6.45, 7) is 14.1. The molecule has 5 rings (SSSR count). The number of fused-ring (bicyclic) bond motifs is 5. The molecule has 5 aliphatic heterocycles. The molecular formula is C36H42N4O5. The number of aliphatic hydroxyl groups is 1. The van der Waals surface area contributed by atoms with Crippen molar-refractivity contribution in [3.8, 4) is 0 Å². The zero-order chi connectivity index (χ0) is 32.7. The molecule has 1 fully saturated rings. The molecule has 9 nitrogen and oxygen atoms in total. The average Bonchev–Trinajstić information content (AvgIpc) is 3.69. The zero-order valence-corrected chi connectivity index (χ0v) is 27.6. The van der Waals surface area contributed by atoms with E-state index in [1.807, 2.05) is 45.9 Å². The number of methoxy groups -OCH3 is 2. The molecule has 0 amide bonds. The molecule has 236 valence electrons. The fourth-order valence-electron chi connectivity index (χ4n) is 6.71. The van der Waals surface area contributed by atoms with E-state index in [2.05, 4.69) is 26.1 Å². The topological polar surface area (TPSA) is 122 Å². The lowest BCUT2D eigenvalue weighted by atomic mass is 9.82. The molecule has 0 spiro atoms. The Morgan fingerprint density at radius 1 is 0.956 bits per heavy atom. The van der Waals surface area contributed by atoms with E-state index in [1.54, 1.807) is 0 Å². The molecule has 0 aromatic carbocycles. The average molecular weight is 611 g/mol. The molecule has 0 saturated carbocycles. The third-order valence-corrected chi connectivity index (χ3v) is 9.71. The first-order valence-corrected chi connectivity index (χ1v) is 15.5. The summed E-state index contributed by atoms with van der Waals surface area (Å²) in [5, 5.41) is 13.9. The smallest absolute Gasteiger partial charge is 0.312 e. The number of rotatable bonds is 6. The molecule has 2 N–H and O–H groups in total. The lowest BCUT2D eigenvalue weighted by molar-refractivity contribution is -0.143. The normalized spacial score (nSPS) is 24.3. The third-order valence-electron chi connectivity index (χ3n) is 9.71. The van der Waals surface area contributed by atoms with Crippen LogP contribution in [0.4, 0.5) is 0 Å². The van der Waals surface area contributed by atoms with E-state index in [4.69, 9.17) is 24.5 Å². The number of esters is 2. The molecule has 9 heteroatoms. The zero-order valence-electron chi connectivity index (χ0n) is 27.6. The molecule has 45 heavy (non-hydrogen) atoms. The van der Waals surface area contributed by atoms with Crippen molar-refractivity contribution in [3.63, 3.8) is 0 Å². The van der Waals surface area contributed by atoms with Crippen LogP contribution in [0.15, 0.2) is 107 Å². The van der Waals surface area contributed by atoms with Crippen molar-refractivity contribution in [1.29, 1.82) is 0 Å². The monoisotopic (exact) mass is 610 g/mol. The van der Waals surface area contributed by atoms with E-state index >= 15 is 0 Å². The van der Waals surface area contributed by atoms with Crippen LogP contribution in [0.5, 0.6) is 0 Å². The van der Waals surface area contributed by atoms with Gasteiger partial charge in [-0.25, -0.2) is 15.0 Å². The highest BCUT2D eigenvalue weighted by molar-refractivity contribution is 6.20. The Balaban J connectivity index is 1.84. The van der Waals surface area contributed by atoms with Crippen LogP contribution in [-0.2, 0) is 19.1 Å². The molecule has 0 aliphatic carbocycles. The van der Waals surface area contributed by atoms with Crippen molar-refractivity contribution < 1.29 is 24.2 Å². The van der Waals surface area contributed by atoms with E-state index in [0.29, 0.717) is 23.4 Å². The van der Waals surface area contributed by atoms with Gasteiger partial charge in [0.25, 0.3) is 0 Å². The van der Waals surface area contributed by atoms with Gasteiger partial charge in [0, 0.05) is 40.8 Å². The van der Waals surface area contributed by atoms with Crippen LogP contribution >= 0.6 is 0 Å². The van der Waals surface area contributed by atoms with Gasteiger partial charge in [0.2, 0.25) is 0 Å². The fourth-order valence-corrected chi connectivity index (χ4v) is 6.71. The van der Waals surface area contributed by atoms with Crippen LogP contribution < -0.4 is 5.32 Å². The number of aliphatic imine (C=N–C) groups is 3. The molecule has 3 atom stereocenters. The predicted octanol–water partition coefficient (Wildman–Crippen LogP) is 6.67. The second-order valence-corrected chi connectivity index (χ2v) is 12.1. The second-order valence-electron chi connectivity index (χ2n) is 12.1. The quantitative estimate of drug-likeness (QED) is 0.256. The standard InChI is InChI=1S/C36H42N4O5/c1-10-23-19(4)28-15-31-25(16-41)21(6)27(38-31)13-29-20(5)24(11-12-32(42)44-8)35(40-29)33(22(7)36(43)45-9)34-18(3)17(2)26(39-34)14-30(23)37-28/h13-16,20,22,24,40-41H,10-12H2,1-9H3. The van der Waals surface area contributed by atoms with Gasteiger partial charge in [0.15, 0.2) is 0 Å². The van der Waals surface area contributed by atoms with Crippen LogP contribution in [0.1, 0.15) is 67.7 Å². The van der Waals surface area contributed by atoms with Crippen LogP contribution in [0.3, 0.4) is 0 Å². The number of carbonyl (C=O) groups excluding carboxylic acids is 2. The van der Waals surface area contributed by atoms with Crippen LogP contribution in [0, 0.1) is 17.8 Å². The summed E-state index contributed by atoms with van der Waals surface area (Å²) in [5.74, 6) is -1.51. The number of nitrogens with zero attached hydrogens (tertiary/aromatic N) is 3. The Morgan fingerprint density at radius 3 is 2.29 bits per heavy atom.